The van der Waals surface area contributed by atoms with Crippen LogP contribution >= 0.6 is 0 Å². The average Bonchev–Trinajstić information content (AvgIpc) is 2.89. The predicted octanol–water partition coefficient (Wildman–Crippen LogP) is 4.87. The van der Waals surface area contributed by atoms with E-state index < -0.39 is 0 Å². The molecule has 2 aromatic carbocycles. The van der Waals surface area contributed by atoms with E-state index in [0.717, 1.165) is 41.8 Å². The standard InChI is InChI=1S/C23H26N2O/c1-4-10-20-22(19-14-9-8-11-16(19)2)21(23(24)26)17(3)25(20)15-18-12-6-5-7-13-18/h5-9,11-14H,4,10,15H2,1-3H3,(H2,24,26). The van der Waals surface area contributed by atoms with E-state index in [1.807, 2.05) is 37.3 Å². The first-order valence-electron chi connectivity index (χ1n) is 9.16. The Hall–Kier alpha value is -2.81. The second-order valence-corrected chi connectivity index (χ2v) is 6.78. The zero-order valence-electron chi connectivity index (χ0n) is 15.8. The molecule has 3 nitrogen and oxygen atoms in total. The van der Waals surface area contributed by atoms with Gasteiger partial charge in [0, 0.05) is 23.5 Å². The van der Waals surface area contributed by atoms with Crippen molar-refractivity contribution in [1.82, 2.24) is 4.57 Å². The molecule has 1 heterocycles. The molecule has 0 aliphatic rings. The van der Waals surface area contributed by atoms with Crippen LogP contribution in [-0.4, -0.2) is 10.5 Å². The van der Waals surface area contributed by atoms with E-state index in [1.165, 1.54) is 11.3 Å². The van der Waals surface area contributed by atoms with Gasteiger partial charge in [-0.2, -0.15) is 0 Å². The summed E-state index contributed by atoms with van der Waals surface area (Å²) in [4.78, 5) is 12.4. The summed E-state index contributed by atoms with van der Waals surface area (Å²) in [6.07, 6.45) is 1.92. The highest BCUT2D eigenvalue weighted by Crippen LogP contribution is 2.35. The van der Waals surface area contributed by atoms with Crippen LogP contribution in [0, 0.1) is 13.8 Å². The zero-order chi connectivity index (χ0) is 18.7. The first kappa shape index (κ1) is 18.0. The minimum absolute atomic E-state index is 0.357. The van der Waals surface area contributed by atoms with Gasteiger partial charge in [0.25, 0.3) is 5.91 Å². The molecule has 0 saturated heterocycles. The third kappa shape index (κ3) is 3.30. The molecular formula is C23H26N2O. The van der Waals surface area contributed by atoms with Gasteiger partial charge < -0.3 is 10.3 Å². The van der Waals surface area contributed by atoms with Gasteiger partial charge in [0.2, 0.25) is 0 Å². The molecule has 134 valence electrons. The number of nitrogens with two attached hydrogens (primary N) is 1. The molecule has 0 unspecified atom stereocenters. The number of aromatic nitrogens is 1. The molecule has 2 N–H and O–H groups in total. The normalized spacial score (nSPS) is 10.9. The van der Waals surface area contributed by atoms with E-state index in [-0.39, 0.29) is 5.91 Å². The fourth-order valence-electron chi connectivity index (χ4n) is 3.72. The van der Waals surface area contributed by atoms with E-state index in [0.29, 0.717) is 5.56 Å². The number of hydrogen-bond acceptors (Lipinski definition) is 1. The maximum absolute atomic E-state index is 12.4. The summed E-state index contributed by atoms with van der Waals surface area (Å²) in [5.74, 6) is -0.357. The number of carbonyl (C=O) groups excluding carboxylic acids is 1. The molecule has 26 heavy (non-hydrogen) atoms. The Morgan fingerprint density at radius 2 is 1.65 bits per heavy atom. The van der Waals surface area contributed by atoms with Gasteiger partial charge in [0.15, 0.2) is 0 Å². The summed E-state index contributed by atoms with van der Waals surface area (Å²) in [5.41, 5.74) is 13.1. The minimum atomic E-state index is -0.357. The number of hydrogen-bond donors (Lipinski definition) is 1. The maximum Gasteiger partial charge on any atom is 0.251 e. The molecule has 0 aliphatic carbocycles. The van der Waals surface area contributed by atoms with E-state index in [1.54, 1.807) is 0 Å². The Morgan fingerprint density at radius 1 is 1.00 bits per heavy atom. The van der Waals surface area contributed by atoms with Gasteiger partial charge >= 0.3 is 0 Å². The van der Waals surface area contributed by atoms with E-state index >= 15 is 0 Å². The van der Waals surface area contributed by atoms with Crippen molar-refractivity contribution >= 4 is 5.91 Å². The van der Waals surface area contributed by atoms with Crippen molar-refractivity contribution in [1.29, 1.82) is 0 Å². The fourth-order valence-corrected chi connectivity index (χ4v) is 3.72. The number of amides is 1. The van der Waals surface area contributed by atoms with Crippen LogP contribution in [0.1, 0.15) is 46.2 Å². The molecule has 1 aromatic heterocycles. The highest BCUT2D eigenvalue weighted by molar-refractivity contribution is 6.02. The average molecular weight is 346 g/mol. The van der Waals surface area contributed by atoms with Crippen LogP contribution < -0.4 is 5.73 Å². The van der Waals surface area contributed by atoms with Crippen molar-refractivity contribution in [2.45, 2.75) is 40.2 Å². The number of benzene rings is 2. The lowest BCUT2D eigenvalue weighted by Gasteiger charge is -2.14. The molecule has 0 fully saturated rings. The number of nitrogens with zero attached hydrogens (tertiary/aromatic N) is 1. The lowest BCUT2D eigenvalue weighted by atomic mass is 9.94. The molecule has 3 aromatic rings. The van der Waals surface area contributed by atoms with Crippen molar-refractivity contribution in [3.05, 3.63) is 82.7 Å². The smallest absolute Gasteiger partial charge is 0.251 e. The third-order valence-electron chi connectivity index (χ3n) is 4.96. The van der Waals surface area contributed by atoms with Crippen LogP contribution in [0.5, 0.6) is 0 Å². The van der Waals surface area contributed by atoms with Crippen LogP contribution in [0.2, 0.25) is 0 Å². The summed E-state index contributed by atoms with van der Waals surface area (Å²) >= 11 is 0. The first-order valence-corrected chi connectivity index (χ1v) is 9.16. The van der Waals surface area contributed by atoms with Gasteiger partial charge in [0.05, 0.1) is 5.56 Å². The van der Waals surface area contributed by atoms with Crippen LogP contribution in [0.15, 0.2) is 54.6 Å². The molecule has 0 bridgehead atoms. The second-order valence-electron chi connectivity index (χ2n) is 6.78. The predicted molar refractivity (Wildman–Crippen MR) is 107 cm³/mol. The monoisotopic (exact) mass is 346 g/mol. The van der Waals surface area contributed by atoms with Gasteiger partial charge in [-0.05, 0) is 37.0 Å². The summed E-state index contributed by atoms with van der Waals surface area (Å²) in [7, 11) is 0. The van der Waals surface area contributed by atoms with Gasteiger partial charge in [-0.15, -0.1) is 0 Å². The molecule has 3 heteroatoms. The fraction of sp³-hybridized carbons (Fsp3) is 0.261. The van der Waals surface area contributed by atoms with Crippen molar-refractivity contribution in [3.8, 4) is 11.1 Å². The molecule has 3 rings (SSSR count). The second kappa shape index (κ2) is 7.61. The van der Waals surface area contributed by atoms with Gasteiger partial charge in [-0.3, -0.25) is 4.79 Å². The van der Waals surface area contributed by atoms with E-state index in [2.05, 4.69) is 42.7 Å². The van der Waals surface area contributed by atoms with Crippen molar-refractivity contribution in [2.75, 3.05) is 0 Å². The number of primary amides is 1. The summed E-state index contributed by atoms with van der Waals surface area (Å²) in [6, 6.07) is 18.6. The summed E-state index contributed by atoms with van der Waals surface area (Å²) in [5, 5.41) is 0. The first-order chi connectivity index (χ1) is 12.5. The number of rotatable bonds is 6. The van der Waals surface area contributed by atoms with E-state index in [9.17, 15) is 4.79 Å². The van der Waals surface area contributed by atoms with Crippen LogP contribution in [0.4, 0.5) is 0 Å². The SMILES string of the molecule is CCCc1c(-c2ccccc2C)c(C(N)=O)c(C)n1Cc1ccccc1. The van der Waals surface area contributed by atoms with Crippen LogP contribution in [-0.2, 0) is 13.0 Å². The number of aryl methyl sites for hydroxylation is 1. The molecule has 0 radical (unpaired) electrons. The Balaban J connectivity index is 2.27. The molecule has 1 amide bonds. The highest BCUT2D eigenvalue weighted by Gasteiger charge is 2.25. The van der Waals surface area contributed by atoms with Crippen molar-refractivity contribution in [2.24, 2.45) is 5.73 Å². The minimum Gasteiger partial charge on any atom is -0.366 e. The summed E-state index contributed by atoms with van der Waals surface area (Å²) in [6.45, 7) is 7.00. The topological polar surface area (TPSA) is 48.0 Å². The molecule has 0 spiro atoms. The number of carbonyl (C=O) groups is 1. The van der Waals surface area contributed by atoms with Crippen LogP contribution in [0.3, 0.4) is 0 Å². The van der Waals surface area contributed by atoms with Gasteiger partial charge in [0.1, 0.15) is 0 Å². The Morgan fingerprint density at radius 3 is 2.27 bits per heavy atom. The lowest BCUT2D eigenvalue weighted by Crippen LogP contribution is -2.13. The van der Waals surface area contributed by atoms with Crippen LogP contribution in [0.25, 0.3) is 11.1 Å². The Labute approximate surface area is 155 Å². The molecular weight excluding hydrogens is 320 g/mol. The van der Waals surface area contributed by atoms with Gasteiger partial charge in [-0.1, -0.05) is 67.9 Å². The summed E-state index contributed by atoms with van der Waals surface area (Å²) < 4.78 is 2.26. The molecule has 0 atom stereocenters. The van der Waals surface area contributed by atoms with Crippen molar-refractivity contribution < 1.29 is 4.79 Å². The molecule has 0 aliphatic heterocycles. The Bertz CT molecular complexity index is 923. The third-order valence-corrected chi connectivity index (χ3v) is 4.96. The lowest BCUT2D eigenvalue weighted by molar-refractivity contribution is 0.1000. The molecule has 0 saturated carbocycles. The van der Waals surface area contributed by atoms with Crippen molar-refractivity contribution in [3.63, 3.8) is 0 Å². The highest BCUT2D eigenvalue weighted by atomic mass is 16.1. The quantitative estimate of drug-likeness (QED) is 0.680. The maximum atomic E-state index is 12.4. The Kier molecular flexibility index (Phi) is 5.27. The van der Waals surface area contributed by atoms with E-state index in [4.69, 9.17) is 5.73 Å². The zero-order valence-corrected chi connectivity index (χ0v) is 15.8. The van der Waals surface area contributed by atoms with Gasteiger partial charge in [-0.25, -0.2) is 0 Å². The largest absolute Gasteiger partial charge is 0.366 e.